The van der Waals surface area contributed by atoms with Gasteiger partial charge in [-0.05, 0) is 6.42 Å². The van der Waals surface area contributed by atoms with Crippen molar-refractivity contribution in [2.24, 2.45) is 0 Å². The summed E-state index contributed by atoms with van der Waals surface area (Å²) in [5, 5.41) is 12.4. The average molecular weight is 223 g/mol. The van der Waals surface area contributed by atoms with Crippen molar-refractivity contribution in [1.29, 1.82) is 0 Å². The number of amides is 2. The highest BCUT2D eigenvalue weighted by molar-refractivity contribution is 5.92. The molecule has 0 spiro atoms. The van der Waals surface area contributed by atoms with E-state index in [0.717, 1.165) is 0 Å². The van der Waals surface area contributed by atoms with Gasteiger partial charge in [-0.25, -0.2) is 0 Å². The van der Waals surface area contributed by atoms with Gasteiger partial charge in [-0.1, -0.05) is 0 Å². The van der Waals surface area contributed by atoms with E-state index in [2.05, 4.69) is 20.7 Å². The van der Waals surface area contributed by atoms with Crippen LogP contribution >= 0.6 is 0 Å². The zero-order valence-electron chi connectivity index (χ0n) is 8.93. The van der Waals surface area contributed by atoms with Crippen molar-refractivity contribution in [2.45, 2.75) is 18.9 Å². The van der Waals surface area contributed by atoms with Gasteiger partial charge in [0.05, 0.1) is 6.20 Å². The number of carbonyl (C=O) groups is 2. The fourth-order valence-corrected chi connectivity index (χ4v) is 1.70. The highest BCUT2D eigenvalue weighted by atomic mass is 16.2. The van der Waals surface area contributed by atoms with Crippen molar-refractivity contribution in [3.8, 4) is 0 Å². The summed E-state index contributed by atoms with van der Waals surface area (Å²) in [5.41, 5.74) is 0.263. The van der Waals surface area contributed by atoms with Crippen molar-refractivity contribution in [3.63, 3.8) is 0 Å². The standard InChI is InChI=1S/C9H13N5O2/c1-14-5-6(2-3-8(14)15)11-9(16)7-4-10-13-12-7/h4,6H,2-3,5H2,1H3,(H,11,16)(H,10,12,13). The number of hydrogen-bond donors (Lipinski definition) is 2. The van der Waals surface area contributed by atoms with Gasteiger partial charge in [0.2, 0.25) is 5.91 Å². The molecule has 2 heterocycles. The Bertz CT molecular complexity index is 389. The second kappa shape index (κ2) is 4.30. The van der Waals surface area contributed by atoms with E-state index in [-0.39, 0.29) is 23.6 Å². The Morgan fingerprint density at radius 2 is 2.50 bits per heavy atom. The first-order valence-corrected chi connectivity index (χ1v) is 5.07. The second-order valence-corrected chi connectivity index (χ2v) is 3.84. The monoisotopic (exact) mass is 223 g/mol. The fourth-order valence-electron chi connectivity index (χ4n) is 1.70. The number of aromatic nitrogens is 3. The predicted molar refractivity (Wildman–Crippen MR) is 54.5 cm³/mol. The van der Waals surface area contributed by atoms with Gasteiger partial charge in [-0.2, -0.15) is 15.4 Å². The van der Waals surface area contributed by atoms with Gasteiger partial charge in [-0.15, -0.1) is 0 Å². The number of nitrogens with zero attached hydrogens (tertiary/aromatic N) is 3. The highest BCUT2D eigenvalue weighted by Gasteiger charge is 2.24. The van der Waals surface area contributed by atoms with E-state index in [1.54, 1.807) is 11.9 Å². The van der Waals surface area contributed by atoms with Gasteiger partial charge < -0.3 is 10.2 Å². The Kier molecular flexibility index (Phi) is 2.84. The predicted octanol–water partition coefficient (Wildman–Crippen LogP) is -0.845. The minimum Gasteiger partial charge on any atom is -0.346 e. The van der Waals surface area contributed by atoms with Crippen LogP contribution in [0, 0.1) is 0 Å². The minimum absolute atomic E-state index is 0.00750. The molecule has 7 heteroatoms. The molecular formula is C9H13N5O2. The summed E-state index contributed by atoms with van der Waals surface area (Å²) in [6.07, 6.45) is 2.51. The SMILES string of the molecule is CN1CC(NC(=O)c2cn[nH]n2)CCC1=O. The van der Waals surface area contributed by atoms with E-state index in [1.165, 1.54) is 6.20 Å². The lowest BCUT2D eigenvalue weighted by Gasteiger charge is -2.29. The van der Waals surface area contributed by atoms with Gasteiger partial charge in [0.15, 0.2) is 5.69 Å². The Morgan fingerprint density at radius 3 is 3.12 bits per heavy atom. The normalized spacial score (nSPS) is 20.9. The quantitative estimate of drug-likeness (QED) is 0.683. The molecule has 0 radical (unpaired) electrons. The number of likely N-dealkylation sites (tertiary alicyclic amines) is 1. The summed E-state index contributed by atoms with van der Waals surface area (Å²) in [7, 11) is 1.73. The van der Waals surface area contributed by atoms with Crippen LogP contribution in [0.15, 0.2) is 6.20 Å². The number of hydrogen-bond acceptors (Lipinski definition) is 4. The largest absolute Gasteiger partial charge is 0.346 e. The zero-order chi connectivity index (χ0) is 11.5. The summed E-state index contributed by atoms with van der Waals surface area (Å²) in [5.74, 6) is -0.145. The molecule has 1 aliphatic heterocycles. The molecule has 1 aromatic rings. The minimum atomic E-state index is -0.263. The molecule has 86 valence electrons. The molecule has 0 aromatic carbocycles. The summed E-state index contributed by atoms with van der Waals surface area (Å²) in [6.45, 7) is 0.544. The van der Waals surface area contributed by atoms with E-state index in [1.807, 2.05) is 0 Å². The van der Waals surface area contributed by atoms with Crippen LogP contribution in [0.2, 0.25) is 0 Å². The highest BCUT2D eigenvalue weighted by Crippen LogP contribution is 2.09. The van der Waals surface area contributed by atoms with Crippen LogP contribution in [-0.2, 0) is 4.79 Å². The molecular weight excluding hydrogens is 210 g/mol. The van der Waals surface area contributed by atoms with E-state index in [9.17, 15) is 9.59 Å². The van der Waals surface area contributed by atoms with Crippen LogP contribution in [0.4, 0.5) is 0 Å². The first kappa shape index (κ1) is 10.6. The molecule has 1 fully saturated rings. The Labute approximate surface area is 92.2 Å². The van der Waals surface area contributed by atoms with Gasteiger partial charge in [0.25, 0.3) is 5.91 Å². The maximum Gasteiger partial charge on any atom is 0.273 e. The van der Waals surface area contributed by atoms with Crippen LogP contribution in [0.25, 0.3) is 0 Å². The Morgan fingerprint density at radius 1 is 1.69 bits per heavy atom. The third-order valence-electron chi connectivity index (χ3n) is 2.61. The summed E-state index contributed by atoms with van der Waals surface area (Å²) in [4.78, 5) is 24.5. The number of nitrogens with one attached hydrogen (secondary N) is 2. The molecule has 7 nitrogen and oxygen atoms in total. The van der Waals surface area contributed by atoms with E-state index >= 15 is 0 Å². The lowest BCUT2D eigenvalue weighted by molar-refractivity contribution is -0.132. The summed E-state index contributed by atoms with van der Waals surface area (Å²) >= 11 is 0. The Hall–Kier alpha value is -1.92. The summed E-state index contributed by atoms with van der Waals surface area (Å²) in [6, 6.07) is -0.00750. The van der Waals surface area contributed by atoms with Crippen LogP contribution in [-0.4, -0.2) is 51.8 Å². The third-order valence-corrected chi connectivity index (χ3v) is 2.61. The molecule has 2 rings (SSSR count). The summed E-state index contributed by atoms with van der Waals surface area (Å²) < 4.78 is 0. The zero-order valence-corrected chi connectivity index (χ0v) is 8.93. The number of aromatic amines is 1. The first-order valence-electron chi connectivity index (χ1n) is 5.07. The van der Waals surface area contributed by atoms with Crippen molar-refractivity contribution in [2.75, 3.05) is 13.6 Å². The molecule has 0 bridgehead atoms. The first-order chi connectivity index (χ1) is 7.66. The van der Waals surface area contributed by atoms with Crippen molar-refractivity contribution < 1.29 is 9.59 Å². The smallest absolute Gasteiger partial charge is 0.273 e. The van der Waals surface area contributed by atoms with Crippen molar-refractivity contribution >= 4 is 11.8 Å². The molecule has 0 saturated carbocycles. The van der Waals surface area contributed by atoms with Crippen molar-refractivity contribution in [3.05, 3.63) is 11.9 Å². The van der Waals surface area contributed by atoms with Gasteiger partial charge in [-0.3, -0.25) is 9.59 Å². The van der Waals surface area contributed by atoms with Crippen molar-refractivity contribution in [1.82, 2.24) is 25.6 Å². The molecule has 1 aromatic heterocycles. The molecule has 1 aliphatic rings. The number of H-pyrrole nitrogens is 1. The topological polar surface area (TPSA) is 91.0 Å². The number of carbonyl (C=O) groups excluding carboxylic acids is 2. The molecule has 1 atom stereocenters. The third kappa shape index (κ3) is 2.18. The number of piperidine rings is 1. The van der Waals surface area contributed by atoms with Crippen LogP contribution < -0.4 is 5.32 Å². The fraction of sp³-hybridized carbons (Fsp3) is 0.556. The molecule has 2 N–H and O–H groups in total. The van der Waals surface area contributed by atoms with E-state index in [0.29, 0.717) is 19.4 Å². The van der Waals surface area contributed by atoms with Crippen LogP contribution in [0.1, 0.15) is 23.3 Å². The lowest BCUT2D eigenvalue weighted by atomic mass is 10.1. The molecule has 1 unspecified atom stereocenters. The van der Waals surface area contributed by atoms with Gasteiger partial charge in [0, 0.05) is 26.1 Å². The Balaban J connectivity index is 1.91. The maximum absolute atomic E-state index is 11.6. The van der Waals surface area contributed by atoms with Crippen LogP contribution in [0.5, 0.6) is 0 Å². The van der Waals surface area contributed by atoms with Crippen LogP contribution in [0.3, 0.4) is 0 Å². The number of likely N-dealkylation sites (N-methyl/N-ethyl adjacent to an activating group) is 1. The molecule has 1 saturated heterocycles. The molecule has 0 aliphatic carbocycles. The van der Waals surface area contributed by atoms with Gasteiger partial charge >= 0.3 is 0 Å². The average Bonchev–Trinajstić information content (AvgIpc) is 2.77. The molecule has 16 heavy (non-hydrogen) atoms. The molecule has 2 amide bonds. The second-order valence-electron chi connectivity index (χ2n) is 3.84. The van der Waals surface area contributed by atoms with Gasteiger partial charge in [0.1, 0.15) is 0 Å². The lowest BCUT2D eigenvalue weighted by Crippen LogP contribution is -2.48. The number of rotatable bonds is 2. The maximum atomic E-state index is 11.6. The van der Waals surface area contributed by atoms with E-state index in [4.69, 9.17) is 0 Å². The van der Waals surface area contributed by atoms with E-state index < -0.39 is 0 Å².